The third-order valence-electron chi connectivity index (χ3n) is 12.3. The molecule has 6 aliphatic rings. The number of carboxylic acids is 1. The minimum absolute atomic E-state index is 0.301. The lowest BCUT2D eigenvalue weighted by Gasteiger charge is -2.55. The van der Waals surface area contributed by atoms with E-state index in [2.05, 4.69) is 6.07 Å². The fraction of sp³-hybridized carbons (Fsp3) is 0.733. The van der Waals surface area contributed by atoms with E-state index in [9.17, 15) is 9.90 Å². The molecule has 180 valence electrons. The molecule has 0 spiro atoms. The summed E-state index contributed by atoms with van der Waals surface area (Å²) in [5.74, 6) is 4.55. The van der Waals surface area contributed by atoms with E-state index in [0.717, 1.165) is 59.9 Å². The van der Waals surface area contributed by atoms with E-state index in [1.807, 2.05) is 18.2 Å². The number of aliphatic carboxylic acids is 1. The quantitative estimate of drug-likeness (QED) is 0.527. The highest BCUT2D eigenvalue weighted by Crippen LogP contribution is 2.78. The summed E-state index contributed by atoms with van der Waals surface area (Å²) in [5, 5.41) is 10.5. The Morgan fingerprint density at radius 1 is 0.941 bits per heavy atom. The molecule has 8 rings (SSSR count). The molecule has 9 unspecified atom stereocenters. The minimum atomic E-state index is -0.458. The van der Waals surface area contributed by atoms with Crippen molar-refractivity contribution in [2.24, 2.45) is 45.8 Å². The van der Waals surface area contributed by atoms with Gasteiger partial charge in [0, 0.05) is 5.92 Å². The molecule has 34 heavy (non-hydrogen) atoms. The fourth-order valence-corrected chi connectivity index (χ4v) is 11.3. The molecular weight excluding hydrogens is 422 g/mol. The van der Waals surface area contributed by atoms with Crippen LogP contribution in [0.25, 0.3) is 11.1 Å². The maximum absolute atomic E-state index is 12.8. The average molecular weight is 460 g/mol. The standard InChI is InChI=1S/C30H37NO3/c32-27(33)30-7-3-4-18-10-23(30)16-29(12-18,17-30)28-13-19-8-20(11-22(15-28)21(9-19)14-28)26-31-24-5-1-2-6-25(24)34-26/h1-2,5-6,18-23H,3-4,7-17H2,(H,32,33). The molecule has 1 aromatic carbocycles. The number of carboxylic acid groups (broad SMARTS) is 1. The monoisotopic (exact) mass is 459 g/mol. The van der Waals surface area contributed by atoms with E-state index >= 15 is 0 Å². The molecule has 1 aromatic heterocycles. The van der Waals surface area contributed by atoms with Gasteiger partial charge in [-0.1, -0.05) is 25.0 Å². The summed E-state index contributed by atoms with van der Waals surface area (Å²) >= 11 is 0. The summed E-state index contributed by atoms with van der Waals surface area (Å²) < 4.78 is 6.28. The van der Waals surface area contributed by atoms with Crippen molar-refractivity contribution in [3.63, 3.8) is 0 Å². The number of hydrogen-bond acceptors (Lipinski definition) is 3. The van der Waals surface area contributed by atoms with Gasteiger partial charge < -0.3 is 9.52 Å². The molecule has 0 aliphatic heterocycles. The Hall–Kier alpha value is -1.84. The van der Waals surface area contributed by atoms with Crippen molar-refractivity contribution in [1.29, 1.82) is 0 Å². The number of fused-ring (bicyclic) bond motifs is 6. The molecule has 1 N–H and O–H groups in total. The molecule has 6 bridgehead atoms. The summed E-state index contributed by atoms with van der Waals surface area (Å²) in [6.45, 7) is 0. The first kappa shape index (κ1) is 20.4. The van der Waals surface area contributed by atoms with Crippen LogP contribution in [0.15, 0.2) is 28.7 Å². The van der Waals surface area contributed by atoms with Crippen LogP contribution in [0.4, 0.5) is 0 Å². The van der Waals surface area contributed by atoms with Crippen LogP contribution >= 0.6 is 0 Å². The largest absolute Gasteiger partial charge is 0.481 e. The van der Waals surface area contributed by atoms with Crippen molar-refractivity contribution in [3.8, 4) is 0 Å². The van der Waals surface area contributed by atoms with Crippen molar-refractivity contribution in [1.82, 2.24) is 4.98 Å². The van der Waals surface area contributed by atoms with Crippen LogP contribution in [0.5, 0.6) is 0 Å². The topological polar surface area (TPSA) is 63.3 Å². The number of para-hydroxylation sites is 2. The Kier molecular flexibility index (Phi) is 4.00. The molecule has 0 saturated heterocycles. The van der Waals surface area contributed by atoms with E-state index in [0.29, 0.717) is 22.7 Å². The van der Waals surface area contributed by atoms with Gasteiger partial charge >= 0.3 is 5.97 Å². The molecular formula is C30H37NO3. The molecule has 6 aliphatic carbocycles. The van der Waals surface area contributed by atoms with Crippen molar-refractivity contribution >= 4 is 17.1 Å². The predicted molar refractivity (Wildman–Crippen MR) is 129 cm³/mol. The van der Waals surface area contributed by atoms with Crippen LogP contribution in [0, 0.1) is 45.8 Å². The zero-order valence-corrected chi connectivity index (χ0v) is 20.2. The lowest BCUT2D eigenvalue weighted by Crippen LogP contribution is -2.46. The van der Waals surface area contributed by atoms with Crippen LogP contribution in [-0.4, -0.2) is 16.1 Å². The Morgan fingerprint density at radius 2 is 1.76 bits per heavy atom. The highest BCUT2D eigenvalue weighted by molar-refractivity contribution is 5.76. The van der Waals surface area contributed by atoms with Gasteiger partial charge in [0.05, 0.1) is 5.41 Å². The average Bonchev–Trinajstić information content (AvgIpc) is 3.36. The minimum Gasteiger partial charge on any atom is -0.481 e. The normalized spacial score (nSPS) is 48.8. The first-order valence-corrected chi connectivity index (χ1v) is 14.1. The van der Waals surface area contributed by atoms with Gasteiger partial charge in [-0.15, -0.1) is 0 Å². The van der Waals surface area contributed by atoms with Crippen molar-refractivity contribution < 1.29 is 14.3 Å². The van der Waals surface area contributed by atoms with Gasteiger partial charge in [0.1, 0.15) is 5.52 Å². The number of carbonyl (C=O) groups is 1. The number of nitrogens with zero attached hydrogens (tertiary/aromatic N) is 1. The van der Waals surface area contributed by atoms with Crippen LogP contribution < -0.4 is 0 Å². The van der Waals surface area contributed by atoms with E-state index in [1.54, 1.807) is 0 Å². The number of oxazole rings is 1. The zero-order valence-electron chi connectivity index (χ0n) is 20.2. The molecule has 0 radical (unpaired) electrons. The Labute approximate surface area is 201 Å². The number of aromatic nitrogens is 1. The molecule has 0 amide bonds. The summed E-state index contributed by atoms with van der Waals surface area (Å²) in [7, 11) is 0. The highest BCUT2D eigenvalue weighted by atomic mass is 16.4. The molecule has 4 nitrogen and oxygen atoms in total. The second kappa shape index (κ2) is 6.68. The van der Waals surface area contributed by atoms with Gasteiger partial charge in [-0.25, -0.2) is 4.98 Å². The van der Waals surface area contributed by atoms with Crippen molar-refractivity contribution in [2.75, 3.05) is 0 Å². The Morgan fingerprint density at radius 3 is 2.62 bits per heavy atom. The van der Waals surface area contributed by atoms with Gasteiger partial charge in [0.25, 0.3) is 0 Å². The van der Waals surface area contributed by atoms with Gasteiger partial charge in [0.15, 0.2) is 11.5 Å². The Balaban J connectivity index is 1.14. The molecule has 6 fully saturated rings. The maximum Gasteiger partial charge on any atom is 0.309 e. The third kappa shape index (κ3) is 2.56. The second-order valence-electron chi connectivity index (χ2n) is 13.7. The van der Waals surface area contributed by atoms with Gasteiger partial charge in [0.2, 0.25) is 0 Å². The first-order valence-electron chi connectivity index (χ1n) is 14.1. The Bertz CT molecular complexity index is 1130. The maximum atomic E-state index is 12.8. The molecule has 9 atom stereocenters. The van der Waals surface area contributed by atoms with Gasteiger partial charge in [-0.2, -0.15) is 0 Å². The van der Waals surface area contributed by atoms with E-state index in [4.69, 9.17) is 9.40 Å². The van der Waals surface area contributed by atoms with Crippen LogP contribution in [0.3, 0.4) is 0 Å². The highest BCUT2D eigenvalue weighted by Gasteiger charge is 2.71. The van der Waals surface area contributed by atoms with Crippen LogP contribution in [0.1, 0.15) is 95.3 Å². The van der Waals surface area contributed by atoms with Crippen LogP contribution in [0.2, 0.25) is 0 Å². The van der Waals surface area contributed by atoms with Gasteiger partial charge in [-0.05, 0) is 123 Å². The van der Waals surface area contributed by atoms with Gasteiger partial charge in [-0.3, -0.25) is 4.79 Å². The predicted octanol–water partition coefficient (Wildman–Crippen LogP) is 7.19. The molecule has 6 saturated carbocycles. The smallest absolute Gasteiger partial charge is 0.309 e. The molecule has 2 aromatic rings. The summed E-state index contributed by atoms with van der Waals surface area (Å²) in [4.78, 5) is 17.7. The fourth-order valence-electron chi connectivity index (χ4n) is 11.3. The van der Waals surface area contributed by atoms with E-state index in [1.165, 1.54) is 64.2 Å². The van der Waals surface area contributed by atoms with E-state index < -0.39 is 11.4 Å². The SMILES string of the molecule is O=C(O)C12CCCC3CC1CC(C14CC5CC(c6nc7ccccc7o6)CC(C1)C(C5)C4)(C3)C2. The summed E-state index contributed by atoms with van der Waals surface area (Å²) in [6, 6.07) is 8.20. The molecule has 4 heteroatoms. The zero-order chi connectivity index (χ0) is 22.7. The molecule has 1 heterocycles. The van der Waals surface area contributed by atoms with Crippen molar-refractivity contribution in [3.05, 3.63) is 30.2 Å². The second-order valence-corrected chi connectivity index (χ2v) is 13.7. The van der Waals surface area contributed by atoms with E-state index in [-0.39, 0.29) is 0 Å². The number of benzene rings is 1. The van der Waals surface area contributed by atoms with Crippen LogP contribution in [-0.2, 0) is 4.79 Å². The lowest BCUT2D eigenvalue weighted by atomic mass is 9.50. The first-order chi connectivity index (χ1) is 16.5. The number of hydrogen-bond donors (Lipinski definition) is 1. The third-order valence-corrected chi connectivity index (χ3v) is 12.3. The van der Waals surface area contributed by atoms with Crippen molar-refractivity contribution in [2.45, 2.75) is 89.4 Å². The lowest BCUT2D eigenvalue weighted by molar-refractivity contribution is -0.152. The summed E-state index contributed by atoms with van der Waals surface area (Å²) in [5.41, 5.74) is 2.22. The summed E-state index contributed by atoms with van der Waals surface area (Å²) in [6.07, 6.45) is 16.0. The number of rotatable bonds is 3.